The molecule has 1 fully saturated rings. The molecular weight excluding hydrogens is 226 g/mol. The summed E-state index contributed by atoms with van der Waals surface area (Å²) in [5.74, 6) is 0.468. The van der Waals surface area contributed by atoms with Crippen molar-refractivity contribution >= 4 is 17.3 Å². The van der Waals surface area contributed by atoms with E-state index in [1.54, 1.807) is 12.3 Å². The van der Waals surface area contributed by atoms with Crippen LogP contribution in [0.3, 0.4) is 0 Å². The number of likely N-dealkylation sites (tertiary alicyclic amines) is 1. The van der Waals surface area contributed by atoms with Crippen molar-refractivity contribution < 1.29 is 4.74 Å². The Morgan fingerprint density at radius 1 is 1.44 bits per heavy atom. The monoisotopic (exact) mass is 241 g/mol. The number of hydrogen-bond donors (Lipinski definition) is 1. The van der Waals surface area contributed by atoms with Gasteiger partial charge in [0.15, 0.2) is 0 Å². The molecule has 0 atom stereocenters. The highest BCUT2D eigenvalue weighted by atomic mass is 35.5. The number of nitrogen functional groups attached to an aromatic ring is 1. The molecule has 0 bridgehead atoms. The van der Waals surface area contributed by atoms with Gasteiger partial charge in [-0.05, 0) is 32.0 Å². The lowest BCUT2D eigenvalue weighted by Crippen LogP contribution is -2.25. The summed E-state index contributed by atoms with van der Waals surface area (Å²) in [6.45, 7) is 3.90. The topological polar surface area (TPSA) is 51.4 Å². The quantitative estimate of drug-likeness (QED) is 0.873. The molecule has 1 aromatic heterocycles. The summed E-state index contributed by atoms with van der Waals surface area (Å²) in [7, 11) is 0. The number of nitrogens with zero attached hydrogens (tertiary/aromatic N) is 2. The Morgan fingerprint density at radius 2 is 2.19 bits per heavy atom. The molecule has 1 aliphatic heterocycles. The summed E-state index contributed by atoms with van der Waals surface area (Å²) in [5, 5.41) is 0.474. The molecule has 88 valence electrons. The van der Waals surface area contributed by atoms with Crippen molar-refractivity contribution in [3.05, 3.63) is 17.3 Å². The molecule has 2 N–H and O–H groups in total. The highest BCUT2D eigenvalue weighted by molar-refractivity contribution is 6.32. The van der Waals surface area contributed by atoms with Gasteiger partial charge in [0.05, 0.1) is 11.9 Å². The SMILES string of the molecule is Nc1cnc(OCCN2CCCC2)c(Cl)c1. The fourth-order valence-electron chi connectivity index (χ4n) is 1.82. The van der Waals surface area contributed by atoms with Crippen molar-refractivity contribution in [2.75, 3.05) is 32.0 Å². The summed E-state index contributed by atoms with van der Waals surface area (Å²) in [6, 6.07) is 1.65. The second-order valence-corrected chi connectivity index (χ2v) is 4.36. The van der Waals surface area contributed by atoms with Gasteiger partial charge in [-0.2, -0.15) is 0 Å². The number of ether oxygens (including phenoxy) is 1. The number of hydrogen-bond acceptors (Lipinski definition) is 4. The van der Waals surface area contributed by atoms with Crippen LogP contribution >= 0.6 is 11.6 Å². The van der Waals surface area contributed by atoms with Crippen molar-refractivity contribution in [1.82, 2.24) is 9.88 Å². The molecule has 2 rings (SSSR count). The molecule has 1 aromatic rings. The molecule has 5 heteroatoms. The van der Waals surface area contributed by atoms with E-state index in [1.807, 2.05) is 0 Å². The predicted octanol–water partition coefficient (Wildman–Crippen LogP) is 1.79. The predicted molar refractivity (Wildman–Crippen MR) is 64.8 cm³/mol. The molecule has 0 aliphatic carbocycles. The second kappa shape index (κ2) is 5.37. The average Bonchev–Trinajstić information content (AvgIpc) is 2.74. The van der Waals surface area contributed by atoms with Crippen molar-refractivity contribution in [1.29, 1.82) is 0 Å². The first-order valence-corrected chi connectivity index (χ1v) is 5.89. The zero-order valence-electron chi connectivity index (χ0n) is 9.16. The molecule has 1 aliphatic rings. The first-order chi connectivity index (χ1) is 7.75. The van der Waals surface area contributed by atoms with Gasteiger partial charge in [-0.3, -0.25) is 4.90 Å². The van der Waals surface area contributed by atoms with Crippen LogP contribution in [0.4, 0.5) is 5.69 Å². The Balaban J connectivity index is 1.80. The van der Waals surface area contributed by atoms with Crippen LogP contribution in [0, 0.1) is 0 Å². The number of aromatic nitrogens is 1. The molecule has 0 unspecified atom stereocenters. The summed E-state index contributed by atoms with van der Waals surface area (Å²) in [6.07, 6.45) is 4.14. The standard InChI is InChI=1S/C11H16ClN3O/c12-10-7-9(13)8-14-11(10)16-6-5-15-3-1-2-4-15/h7-8H,1-6,13H2. The van der Waals surface area contributed by atoms with Gasteiger partial charge in [0, 0.05) is 6.54 Å². The molecule has 0 aromatic carbocycles. The van der Waals surface area contributed by atoms with E-state index >= 15 is 0 Å². The van der Waals surface area contributed by atoms with E-state index in [1.165, 1.54) is 25.9 Å². The Hall–Kier alpha value is -1.00. The molecular formula is C11H16ClN3O. The van der Waals surface area contributed by atoms with E-state index in [0.29, 0.717) is 23.2 Å². The molecule has 16 heavy (non-hydrogen) atoms. The Labute approximate surface area is 100 Å². The van der Waals surface area contributed by atoms with Crippen LogP contribution in [0.5, 0.6) is 5.88 Å². The first-order valence-electron chi connectivity index (χ1n) is 5.52. The van der Waals surface area contributed by atoms with Gasteiger partial charge in [0.2, 0.25) is 5.88 Å². The highest BCUT2D eigenvalue weighted by Crippen LogP contribution is 2.23. The maximum Gasteiger partial charge on any atom is 0.232 e. The minimum atomic E-state index is 0.468. The molecule has 1 saturated heterocycles. The number of halogens is 1. The normalized spacial score (nSPS) is 16.6. The van der Waals surface area contributed by atoms with Crippen molar-refractivity contribution in [3.8, 4) is 5.88 Å². The number of rotatable bonds is 4. The lowest BCUT2D eigenvalue weighted by Gasteiger charge is -2.14. The molecule has 0 saturated carbocycles. The Bertz CT molecular complexity index is 353. The summed E-state index contributed by atoms with van der Waals surface area (Å²) in [5.41, 5.74) is 6.10. The summed E-state index contributed by atoms with van der Waals surface area (Å²) >= 11 is 5.94. The number of pyridine rings is 1. The van der Waals surface area contributed by atoms with E-state index in [2.05, 4.69) is 9.88 Å². The van der Waals surface area contributed by atoms with Crippen molar-refractivity contribution in [3.63, 3.8) is 0 Å². The van der Waals surface area contributed by atoms with Crippen LogP contribution in [0.2, 0.25) is 5.02 Å². The average molecular weight is 242 g/mol. The van der Waals surface area contributed by atoms with Crippen molar-refractivity contribution in [2.45, 2.75) is 12.8 Å². The molecule has 0 amide bonds. The van der Waals surface area contributed by atoms with Crippen LogP contribution in [-0.4, -0.2) is 36.1 Å². The minimum Gasteiger partial charge on any atom is -0.475 e. The Kier molecular flexibility index (Phi) is 3.85. The van der Waals surface area contributed by atoms with Gasteiger partial charge < -0.3 is 10.5 Å². The maximum atomic E-state index is 5.94. The fourth-order valence-corrected chi connectivity index (χ4v) is 2.05. The zero-order chi connectivity index (χ0) is 11.4. The van der Waals surface area contributed by atoms with Crippen molar-refractivity contribution in [2.24, 2.45) is 0 Å². The highest BCUT2D eigenvalue weighted by Gasteiger charge is 2.11. The van der Waals surface area contributed by atoms with Gasteiger partial charge in [-0.25, -0.2) is 4.98 Å². The molecule has 0 radical (unpaired) electrons. The van der Waals surface area contributed by atoms with E-state index in [0.717, 1.165) is 6.54 Å². The fraction of sp³-hybridized carbons (Fsp3) is 0.545. The number of nitrogens with two attached hydrogens (primary N) is 1. The lowest BCUT2D eigenvalue weighted by atomic mass is 10.4. The van der Waals surface area contributed by atoms with Gasteiger partial charge >= 0.3 is 0 Å². The third-order valence-corrected chi connectivity index (χ3v) is 2.94. The van der Waals surface area contributed by atoms with Crippen LogP contribution in [0.1, 0.15) is 12.8 Å². The molecule has 0 spiro atoms. The Morgan fingerprint density at radius 3 is 2.88 bits per heavy atom. The third-order valence-electron chi connectivity index (χ3n) is 2.67. The van der Waals surface area contributed by atoms with Crippen LogP contribution < -0.4 is 10.5 Å². The zero-order valence-corrected chi connectivity index (χ0v) is 9.91. The van der Waals surface area contributed by atoms with Crippen LogP contribution in [0.15, 0.2) is 12.3 Å². The van der Waals surface area contributed by atoms with Gasteiger partial charge in [-0.15, -0.1) is 0 Å². The van der Waals surface area contributed by atoms with Gasteiger partial charge in [0.25, 0.3) is 0 Å². The lowest BCUT2D eigenvalue weighted by molar-refractivity contribution is 0.232. The first kappa shape index (κ1) is 11.5. The number of anilines is 1. The van der Waals surface area contributed by atoms with E-state index in [-0.39, 0.29) is 0 Å². The smallest absolute Gasteiger partial charge is 0.232 e. The third kappa shape index (κ3) is 3.00. The van der Waals surface area contributed by atoms with Gasteiger partial charge in [0.1, 0.15) is 11.6 Å². The molecule has 4 nitrogen and oxygen atoms in total. The summed E-state index contributed by atoms with van der Waals surface area (Å²) in [4.78, 5) is 6.42. The van der Waals surface area contributed by atoms with Crippen LogP contribution in [0.25, 0.3) is 0 Å². The second-order valence-electron chi connectivity index (χ2n) is 3.95. The minimum absolute atomic E-state index is 0.468. The van der Waals surface area contributed by atoms with E-state index in [9.17, 15) is 0 Å². The maximum absolute atomic E-state index is 5.94. The summed E-state index contributed by atoms with van der Waals surface area (Å²) < 4.78 is 5.51. The molecule has 2 heterocycles. The van der Waals surface area contributed by atoms with Gasteiger partial charge in [-0.1, -0.05) is 11.6 Å². The van der Waals surface area contributed by atoms with E-state index < -0.39 is 0 Å². The largest absolute Gasteiger partial charge is 0.475 e. The van der Waals surface area contributed by atoms with E-state index in [4.69, 9.17) is 22.1 Å². The van der Waals surface area contributed by atoms with Crippen LogP contribution in [-0.2, 0) is 0 Å².